The van der Waals surface area contributed by atoms with Crippen LogP contribution in [0.4, 0.5) is 4.39 Å². The van der Waals surface area contributed by atoms with E-state index in [-0.39, 0.29) is 11.6 Å². The Morgan fingerprint density at radius 1 is 0.345 bits per heavy atom. The Balaban J connectivity index is 1.24. The predicted octanol–water partition coefficient (Wildman–Crippen LogP) is 9.85. The monoisotopic (exact) mass is 808 g/mol. The molecule has 0 aliphatic heterocycles. The maximum atomic E-state index is 18.0. The van der Waals surface area contributed by atoms with Crippen molar-refractivity contribution in [2.75, 3.05) is 0 Å². The number of fused-ring (bicyclic) bond motifs is 6. The first-order chi connectivity index (χ1) is 28.7. The number of benzene rings is 8. The molecule has 0 atom stereocenters. The van der Waals surface area contributed by atoms with Crippen LogP contribution >= 0.6 is 0 Å². The van der Waals surface area contributed by atoms with Crippen LogP contribution in [0.3, 0.4) is 0 Å². The third-order valence-electron chi connectivity index (χ3n) is 11.6. The van der Waals surface area contributed by atoms with Crippen molar-refractivity contribution in [2.24, 2.45) is 0 Å². The fourth-order valence-electron chi connectivity index (χ4n) is 9.11. The molecule has 3 aromatic heterocycles. The second-order valence-corrected chi connectivity index (χ2v) is 22.7. The van der Waals surface area contributed by atoms with E-state index in [2.05, 4.69) is 140 Å². The summed E-state index contributed by atoms with van der Waals surface area (Å²) in [5.41, 5.74) is 4.32. The zero-order valence-corrected chi connectivity index (χ0v) is 33.5. The van der Waals surface area contributed by atoms with Crippen LogP contribution in [0.2, 0.25) is 0 Å². The summed E-state index contributed by atoms with van der Waals surface area (Å²) >= 11 is -3.67. The molecule has 0 aliphatic rings. The summed E-state index contributed by atoms with van der Waals surface area (Å²) in [6.07, 6.45) is 0. The van der Waals surface area contributed by atoms with E-state index < -0.39 is 19.1 Å². The summed E-state index contributed by atoms with van der Waals surface area (Å²) in [5.74, 6) is 0.350. The zero-order chi connectivity index (χ0) is 38.6. The molecule has 58 heavy (non-hydrogen) atoms. The molecule has 0 bridgehead atoms. The molecule has 0 radical (unpaired) electrons. The summed E-state index contributed by atoms with van der Waals surface area (Å²) in [4.78, 5) is 10.5. The minimum absolute atomic E-state index is 0.201. The molecular formula is C52H35FGeN4. The van der Waals surface area contributed by atoms with Crippen LogP contribution in [-0.2, 0) is 0 Å². The molecule has 0 fully saturated rings. The van der Waals surface area contributed by atoms with Gasteiger partial charge in [-0.2, -0.15) is 0 Å². The van der Waals surface area contributed by atoms with Gasteiger partial charge in [0, 0.05) is 0 Å². The van der Waals surface area contributed by atoms with Crippen LogP contribution in [0.25, 0.3) is 66.6 Å². The number of para-hydroxylation sites is 4. The molecule has 0 aliphatic carbocycles. The number of aromatic nitrogens is 4. The van der Waals surface area contributed by atoms with Crippen molar-refractivity contribution in [1.29, 1.82) is 0 Å². The van der Waals surface area contributed by atoms with Gasteiger partial charge < -0.3 is 0 Å². The van der Waals surface area contributed by atoms with Crippen molar-refractivity contribution < 1.29 is 4.39 Å². The molecule has 0 amide bonds. The predicted molar refractivity (Wildman–Crippen MR) is 240 cm³/mol. The zero-order valence-electron chi connectivity index (χ0n) is 31.4. The van der Waals surface area contributed by atoms with Crippen molar-refractivity contribution in [3.63, 3.8) is 0 Å². The van der Waals surface area contributed by atoms with Crippen molar-refractivity contribution >= 4 is 74.5 Å². The fraction of sp³-hybridized carbons (Fsp3) is 0. The van der Waals surface area contributed by atoms with Crippen molar-refractivity contribution in [3.8, 4) is 23.0 Å². The summed E-state index contributed by atoms with van der Waals surface area (Å²) in [7, 11) is 0. The number of hydrogen-bond acceptors (Lipinski definition) is 2. The number of halogens is 1. The van der Waals surface area contributed by atoms with Crippen molar-refractivity contribution in [2.45, 2.75) is 0 Å². The number of rotatable bonds is 7. The number of nitrogens with zero attached hydrogens (tertiary/aromatic N) is 4. The molecule has 4 nitrogen and oxygen atoms in total. The molecule has 274 valence electrons. The topological polar surface area (TPSA) is 35.6 Å². The second-order valence-electron chi connectivity index (χ2n) is 14.7. The minimum atomic E-state index is -3.67. The van der Waals surface area contributed by atoms with Crippen LogP contribution in [0, 0.1) is 5.82 Å². The van der Waals surface area contributed by atoms with Crippen molar-refractivity contribution in [3.05, 3.63) is 218 Å². The van der Waals surface area contributed by atoms with Crippen LogP contribution in [0.1, 0.15) is 0 Å². The van der Waals surface area contributed by atoms with E-state index in [1.165, 1.54) is 17.6 Å². The average molecular weight is 807 g/mol. The first kappa shape index (κ1) is 34.2. The Morgan fingerprint density at radius 3 is 1.05 bits per heavy atom. The average Bonchev–Trinajstić information content (AvgIpc) is 3.81. The first-order valence-corrected chi connectivity index (χ1v) is 23.7. The Hall–Kier alpha value is -7.09. The van der Waals surface area contributed by atoms with E-state index in [9.17, 15) is 0 Å². The molecule has 0 saturated heterocycles. The third-order valence-corrected chi connectivity index (χ3v) is 21.6. The standard InChI is InChI=1S/C52H35FGeN4/c53-49-51(57-45-31-14-10-27-41(45)42-28-11-15-32-46(42)57)55-50(56-52(49)58-47-33-16-12-29-43(47)44-30-13-17-34-48(44)58)36-19-18-26-40(35-36)54(37-20-4-1-5-21-37,38-22-6-2-7-23-38)39-24-8-3-9-25-39/h1-35H. The molecule has 0 saturated carbocycles. The quantitative estimate of drug-likeness (QED) is 0.151. The molecule has 0 unspecified atom stereocenters. The van der Waals surface area contributed by atoms with Crippen LogP contribution < -0.4 is 17.6 Å². The van der Waals surface area contributed by atoms with E-state index in [1.807, 2.05) is 81.9 Å². The Kier molecular flexibility index (Phi) is 8.15. The van der Waals surface area contributed by atoms with E-state index in [0.717, 1.165) is 49.2 Å². The number of hydrogen-bond donors (Lipinski definition) is 0. The fourth-order valence-corrected chi connectivity index (χ4v) is 19.2. The van der Waals surface area contributed by atoms with Gasteiger partial charge in [0.05, 0.1) is 0 Å². The summed E-state index contributed by atoms with van der Waals surface area (Å²) < 4.78 is 27.1. The van der Waals surface area contributed by atoms with Gasteiger partial charge in [-0.1, -0.05) is 0 Å². The molecule has 0 N–H and O–H groups in total. The van der Waals surface area contributed by atoms with Crippen LogP contribution in [0.5, 0.6) is 0 Å². The van der Waals surface area contributed by atoms with Gasteiger partial charge in [0.2, 0.25) is 0 Å². The molecule has 8 aromatic carbocycles. The van der Waals surface area contributed by atoms with Gasteiger partial charge >= 0.3 is 339 Å². The van der Waals surface area contributed by atoms with E-state index in [4.69, 9.17) is 9.97 Å². The molecule has 11 aromatic rings. The SMILES string of the molecule is Fc1c(-n2c3ccccc3c3ccccc32)nc(-c2ccc[c]([Ge]([c]3ccccc3)([c]3ccccc3)[c]3ccccc3)c2)nc1-n1c2ccccc2c2ccccc21. The third kappa shape index (κ3) is 5.20. The molecule has 3 heterocycles. The molecule has 11 rings (SSSR count). The molecular weight excluding hydrogens is 772 g/mol. The van der Waals surface area contributed by atoms with E-state index in [1.54, 1.807) is 0 Å². The Labute approximate surface area is 337 Å². The molecule has 0 spiro atoms. The van der Waals surface area contributed by atoms with Crippen LogP contribution in [-0.4, -0.2) is 32.4 Å². The second kappa shape index (κ2) is 13.8. The maximum absolute atomic E-state index is 18.0. The van der Waals surface area contributed by atoms with Gasteiger partial charge in [-0.15, -0.1) is 0 Å². The van der Waals surface area contributed by atoms with Gasteiger partial charge in [-0.05, 0) is 0 Å². The normalized spacial score (nSPS) is 11.9. The van der Waals surface area contributed by atoms with Gasteiger partial charge in [0.1, 0.15) is 0 Å². The van der Waals surface area contributed by atoms with Gasteiger partial charge in [0.25, 0.3) is 0 Å². The van der Waals surface area contributed by atoms with E-state index >= 15 is 4.39 Å². The van der Waals surface area contributed by atoms with Gasteiger partial charge in [-0.3, -0.25) is 0 Å². The summed E-state index contributed by atoms with van der Waals surface area (Å²) in [5, 5.41) is 4.13. The Morgan fingerprint density at radius 2 is 0.672 bits per heavy atom. The van der Waals surface area contributed by atoms with E-state index in [0.29, 0.717) is 5.82 Å². The summed E-state index contributed by atoms with van der Waals surface area (Å²) in [6.45, 7) is 0. The summed E-state index contributed by atoms with van der Waals surface area (Å²) in [6, 6.07) is 74.1. The van der Waals surface area contributed by atoms with Gasteiger partial charge in [0.15, 0.2) is 0 Å². The first-order valence-electron chi connectivity index (χ1n) is 19.5. The van der Waals surface area contributed by atoms with Crippen LogP contribution in [0.15, 0.2) is 212 Å². The van der Waals surface area contributed by atoms with Gasteiger partial charge in [-0.25, -0.2) is 0 Å². The Bertz CT molecular complexity index is 2960. The molecule has 6 heteroatoms. The van der Waals surface area contributed by atoms with Crippen molar-refractivity contribution in [1.82, 2.24) is 19.1 Å².